The quantitative estimate of drug-likeness (QED) is 0.910. The van der Waals surface area contributed by atoms with Gasteiger partial charge in [0.25, 0.3) is 5.91 Å². The molecule has 1 heterocycles. The molecule has 0 radical (unpaired) electrons. The van der Waals surface area contributed by atoms with Crippen LogP contribution in [-0.4, -0.2) is 10.9 Å². The zero-order chi connectivity index (χ0) is 14.7. The third-order valence-electron chi connectivity index (χ3n) is 2.90. The third kappa shape index (κ3) is 3.05. The van der Waals surface area contributed by atoms with Gasteiger partial charge in [0.15, 0.2) is 0 Å². The molecule has 1 amide bonds. The fourth-order valence-electron chi connectivity index (χ4n) is 1.81. The van der Waals surface area contributed by atoms with Gasteiger partial charge in [0.05, 0.1) is 16.3 Å². The Bertz CT molecular complexity index is 648. The molecule has 0 aliphatic rings. The van der Waals surface area contributed by atoms with Crippen molar-refractivity contribution in [3.05, 3.63) is 58.6 Å². The number of benzene rings is 1. The van der Waals surface area contributed by atoms with E-state index in [0.717, 1.165) is 5.56 Å². The molecular formula is C14H13ClFN3O. The Morgan fingerprint density at radius 2 is 2.20 bits per heavy atom. The average Bonchev–Trinajstić information content (AvgIpc) is 2.42. The number of nitrogens with one attached hydrogen (secondary N) is 1. The van der Waals surface area contributed by atoms with Crippen LogP contribution in [0.3, 0.4) is 0 Å². The Labute approximate surface area is 120 Å². The van der Waals surface area contributed by atoms with Gasteiger partial charge in [-0.15, -0.1) is 0 Å². The number of pyridine rings is 1. The molecule has 0 fully saturated rings. The summed E-state index contributed by atoms with van der Waals surface area (Å²) in [6.07, 6.45) is 2.95. The Hall–Kier alpha value is -2.14. The minimum atomic E-state index is -0.565. The highest BCUT2D eigenvalue weighted by Gasteiger charge is 2.12. The van der Waals surface area contributed by atoms with E-state index in [-0.39, 0.29) is 11.1 Å². The number of primary amides is 1. The second kappa shape index (κ2) is 5.88. The summed E-state index contributed by atoms with van der Waals surface area (Å²) in [7, 11) is 0. The molecule has 0 saturated carbocycles. The Morgan fingerprint density at radius 3 is 2.85 bits per heavy atom. The van der Waals surface area contributed by atoms with Crippen molar-refractivity contribution in [2.45, 2.75) is 13.0 Å². The highest BCUT2D eigenvalue weighted by molar-refractivity contribution is 6.30. The predicted molar refractivity (Wildman–Crippen MR) is 76.2 cm³/mol. The van der Waals surface area contributed by atoms with E-state index in [4.69, 9.17) is 17.3 Å². The molecule has 3 N–H and O–H groups in total. The highest BCUT2D eigenvalue weighted by atomic mass is 35.5. The lowest BCUT2D eigenvalue weighted by atomic mass is 10.1. The van der Waals surface area contributed by atoms with Gasteiger partial charge in [-0.25, -0.2) is 4.39 Å². The van der Waals surface area contributed by atoms with Gasteiger partial charge in [-0.2, -0.15) is 0 Å². The van der Waals surface area contributed by atoms with Crippen LogP contribution in [0.5, 0.6) is 0 Å². The molecule has 0 saturated heterocycles. The van der Waals surface area contributed by atoms with Crippen LogP contribution in [0.4, 0.5) is 10.1 Å². The zero-order valence-electron chi connectivity index (χ0n) is 10.7. The van der Waals surface area contributed by atoms with E-state index in [9.17, 15) is 9.18 Å². The predicted octanol–water partition coefficient (Wildman–Crippen LogP) is 3.15. The minimum absolute atomic E-state index is 0.0565. The highest BCUT2D eigenvalue weighted by Crippen LogP contribution is 2.25. The van der Waals surface area contributed by atoms with Crippen LogP contribution in [0.2, 0.25) is 5.02 Å². The number of hydrogen-bond acceptors (Lipinski definition) is 3. The number of halogens is 2. The summed E-state index contributed by atoms with van der Waals surface area (Å²) < 4.78 is 13.1. The van der Waals surface area contributed by atoms with Crippen molar-refractivity contribution in [3.63, 3.8) is 0 Å². The van der Waals surface area contributed by atoms with Crippen LogP contribution >= 0.6 is 11.6 Å². The largest absolute Gasteiger partial charge is 0.378 e. The second-order valence-electron chi connectivity index (χ2n) is 4.33. The van der Waals surface area contributed by atoms with Gasteiger partial charge in [-0.3, -0.25) is 9.78 Å². The molecule has 1 aromatic carbocycles. The van der Waals surface area contributed by atoms with Gasteiger partial charge < -0.3 is 11.1 Å². The molecule has 2 aromatic rings. The van der Waals surface area contributed by atoms with E-state index in [1.807, 2.05) is 6.92 Å². The monoisotopic (exact) mass is 293 g/mol. The normalized spacial score (nSPS) is 11.9. The van der Waals surface area contributed by atoms with Gasteiger partial charge in [0, 0.05) is 18.4 Å². The molecule has 1 atom stereocenters. The minimum Gasteiger partial charge on any atom is -0.378 e. The lowest BCUT2D eigenvalue weighted by Gasteiger charge is -2.17. The molecule has 1 unspecified atom stereocenters. The fraction of sp³-hybridized carbons (Fsp3) is 0.143. The van der Waals surface area contributed by atoms with Crippen LogP contribution < -0.4 is 11.1 Å². The Morgan fingerprint density at radius 1 is 1.45 bits per heavy atom. The van der Waals surface area contributed by atoms with Crippen molar-refractivity contribution >= 4 is 23.2 Å². The van der Waals surface area contributed by atoms with Crippen molar-refractivity contribution in [2.75, 3.05) is 5.32 Å². The summed E-state index contributed by atoms with van der Waals surface area (Å²) >= 11 is 5.76. The van der Waals surface area contributed by atoms with E-state index in [1.54, 1.807) is 24.4 Å². The summed E-state index contributed by atoms with van der Waals surface area (Å²) in [4.78, 5) is 15.2. The number of carbonyl (C=O) groups excluding carboxylic acids is 1. The summed E-state index contributed by atoms with van der Waals surface area (Å²) in [6, 6.07) is 5.96. The smallest absolute Gasteiger partial charge is 0.252 e. The van der Waals surface area contributed by atoms with Crippen molar-refractivity contribution in [3.8, 4) is 0 Å². The van der Waals surface area contributed by atoms with Crippen molar-refractivity contribution in [1.82, 2.24) is 4.98 Å². The number of anilines is 1. The number of nitrogens with two attached hydrogens (primary N) is 1. The lowest BCUT2D eigenvalue weighted by molar-refractivity contribution is 0.100. The maximum atomic E-state index is 13.1. The molecule has 4 nitrogen and oxygen atoms in total. The maximum Gasteiger partial charge on any atom is 0.252 e. The van der Waals surface area contributed by atoms with E-state index >= 15 is 0 Å². The molecule has 0 spiro atoms. The molecule has 0 bridgehead atoms. The summed E-state index contributed by atoms with van der Waals surface area (Å²) in [6.45, 7) is 1.87. The standard InChI is InChI=1S/C14H13ClFN3O/c1-8(9-2-3-12(16)11(15)6-9)19-13-4-5-18-7-10(13)14(17)20/h2-8H,1H3,(H2,17,20)(H,18,19). The van der Waals surface area contributed by atoms with Crippen LogP contribution in [0.1, 0.15) is 28.9 Å². The summed E-state index contributed by atoms with van der Waals surface area (Å²) in [5.74, 6) is -1.03. The average molecular weight is 294 g/mol. The number of aromatic nitrogens is 1. The van der Waals surface area contributed by atoms with Crippen molar-refractivity contribution in [2.24, 2.45) is 5.73 Å². The fourth-order valence-corrected chi connectivity index (χ4v) is 2.00. The third-order valence-corrected chi connectivity index (χ3v) is 3.19. The molecular weight excluding hydrogens is 281 g/mol. The second-order valence-corrected chi connectivity index (χ2v) is 4.73. The first-order valence-electron chi connectivity index (χ1n) is 5.94. The molecule has 1 aromatic heterocycles. The Balaban J connectivity index is 2.25. The van der Waals surface area contributed by atoms with Gasteiger partial charge in [0.1, 0.15) is 5.82 Å². The molecule has 6 heteroatoms. The molecule has 20 heavy (non-hydrogen) atoms. The topological polar surface area (TPSA) is 68.0 Å². The van der Waals surface area contributed by atoms with Crippen molar-refractivity contribution in [1.29, 1.82) is 0 Å². The zero-order valence-corrected chi connectivity index (χ0v) is 11.5. The van der Waals surface area contributed by atoms with Gasteiger partial charge in [0.2, 0.25) is 0 Å². The van der Waals surface area contributed by atoms with Crippen molar-refractivity contribution < 1.29 is 9.18 Å². The van der Waals surface area contributed by atoms with E-state index in [2.05, 4.69) is 10.3 Å². The van der Waals surface area contributed by atoms with Gasteiger partial charge in [-0.1, -0.05) is 17.7 Å². The van der Waals surface area contributed by atoms with Crippen LogP contribution in [0.15, 0.2) is 36.7 Å². The number of carbonyl (C=O) groups is 1. The molecule has 2 rings (SSSR count). The van der Waals surface area contributed by atoms with Gasteiger partial charge >= 0.3 is 0 Å². The first-order valence-corrected chi connectivity index (χ1v) is 6.32. The number of hydrogen-bond donors (Lipinski definition) is 2. The molecule has 104 valence electrons. The van der Waals surface area contributed by atoms with Crippen LogP contribution in [0, 0.1) is 5.82 Å². The van der Waals surface area contributed by atoms with E-state index in [1.165, 1.54) is 12.3 Å². The first-order chi connectivity index (χ1) is 9.49. The number of nitrogens with zero attached hydrogens (tertiary/aromatic N) is 1. The molecule has 0 aliphatic heterocycles. The Kier molecular flexibility index (Phi) is 4.20. The number of rotatable bonds is 4. The van der Waals surface area contributed by atoms with Crippen LogP contribution in [0.25, 0.3) is 0 Å². The van der Waals surface area contributed by atoms with Gasteiger partial charge in [-0.05, 0) is 30.7 Å². The van der Waals surface area contributed by atoms with E-state index in [0.29, 0.717) is 11.3 Å². The first kappa shape index (κ1) is 14.3. The van der Waals surface area contributed by atoms with E-state index < -0.39 is 11.7 Å². The number of amides is 1. The SMILES string of the molecule is CC(Nc1ccncc1C(N)=O)c1ccc(F)c(Cl)c1. The lowest BCUT2D eigenvalue weighted by Crippen LogP contribution is -2.16. The summed E-state index contributed by atoms with van der Waals surface area (Å²) in [5, 5.41) is 3.19. The summed E-state index contributed by atoms with van der Waals surface area (Å²) in [5.41, 5.74) is 6.95. The maximum absolute atomic E-state index is 13.1. The molecule has 0 aliphatic carbocycles. The van der Waals surface area contributed by atoms with Crippen LogP contribution in [-0.2, 0) is 0 Å².